The fourth-order valence-electron chi connectivity index (χ4n) is 14.5. The minimum Gasteiger partial charge on any atom is -0.399 e. The summed E-state index contributed by atoms with van der Waals surface area (Å²) in [4.78, 5) is 68.8. The van der Waals surface area contributed by atoms with Crippen LogP contribution < -0.4 is 21.3 Å². The Balaban J connectivity index is 0.000000121. The van der Waals surface area contributed by atoms with Crippen molar-refractivity contribution in [2.45, 2.75) is 0 Å². The molecule has 0 fully saturated rings. The van der Waals surface area contributed by atoms with E-state index in [0.717, 1.165) is 146 Å². The predicted octanol–water partition coefficient (Wildman–Crippen LogP) is 23.2. The molecular formula is C101H72FN21O10. The first kappa shape index (κ1) is 87.0. The summed E-state index contributed by atoms with van der Waals surface area (Å²) in [5.41, 5.74) is 22.6. The number of nitrogens with one attached hydrogen (secondary N) is 2. The molecule has 648 valence electrons. The number of fused-ring (bicyclic) bond motifs is 6. The highest BCUT2D eigenvalue weighted by Crippen LogP contribution is 2.39. The van der Waals surface area contributed by atoms with Crippen LogP contribution in [0.25, 0.3) is 111 Å². The van der Waals surface area contributed by atoms with Gasteiger partial charge in [-0.3, -0.25) is 68.8 Å². The molecule has 0 saturated heterocycles. The second-order valence-electron chi connectivity index (χ2n) is 29.2. The van der Waals surface area contributed by atoms with E-state index in [-0.39, 0.29) is 22.7 Å². The lowest BCUT2D eigenvalue weighted by atomic mass is 10.0. The summed E-state index contributed by atoms with van der Waals surface area (Å²) in [6, 6.07) is 114. The van der Waals surface area contributed by atoms with Crippen molar-refractivity contribution in [3.8, 4) is 57.6 Å². The van der Waals surface area contributed by atoms with Crippen molar-refractivity contribution in [2.75, 3.05) is 27.8 Å². The SMILES string of the molecule is C#CCN(c1ccc2c(c1)ncn2-c1ccccc1)c1nnc(-c2ccccc2)c2ccccc12.Nc1ccc2c(c1)ncn2-c1ccccc1.O=[N+]([O-])c1ccc(F)c([N+](=O)[O-])c1.O=[N+]([O-])c1ccc(Nc2ccccc2)c([N+](=O)[O-])c1.O=[N+]([O-])c1ccc2c(c1)ncn2-c1ccccc1.c1ccc(-c2nnc(Nc3ccc4c(c3)ncn4-c3ccccc3)c3ccccc23)cc1. The molecule has 133 heavy (non-hydrogen) atoms. The van der Waals surface area contributed by atoms with E-state index in [0.29, 0.717) is 29.9 Å². The number of nitrogens with two attached hydrogens (primary N) is 1. The van der Waals surface area contributed by atoms with Crippen molar-refractivity contribution >= 4 is 134 Å². The molecule has 32 heteroatoms. The number of hydrogen-bond donors (Lipinski definition) is 3. The molecule has 21 rings (SSSR count). The third kappa shape index (κ3) is 20.1. The van der Waals surface area contributed by atoms with Crippen LogP contribution >= 0.6 is 0 Å². The topological polar surface area (TPSA) is 392 Å². The number of nitrogens with zero attached hydrogens (tertiary/aromatic N) is 18. The maximum absolute atomic E-state index is 12.6. The number of nitro benzene ring substituents is 5. The first-order chi connectivity index (χ1) is 64.9. The molecule has 0 amide bonds. The van der Waals surface area contributed by atoms with Gasteiger partial charge in [0.1, 0.15) is 42.4 Å². The molecule has 0 aliphatic carbocycles. The van der Waals surface area contributed by atoms with Gasteiger partial charge in [0, 0.05) is 102 Å². The lowest BCUT2D eigenvalue weighted by molar-refractivity contribution is -0.395. The summed E-state index contributed by atoms with van der Waals surface area (Å²) in [6.07, 6.45) is 13.0. The Labute approximate surface area is 754 Å². The van der Waals surface area contributed by atoms with Gasteiger partial charge in [-0.1, -0.05) is 206 Å². The zero-order valence-electron chi connectivity index (χ0n) is 69.9. The number of halogens is 1. The molecule has 4 N–H and O–H groups in total. The van der Waals surface area contributed by atoms with Crippen LogP contribution in [0.4, 0.5) is 72.9 Å². The smallest absolute Gasteiger partial charge is 0.311 e. The number of benzene rings is 15. The summed E-state index contributed by atoms with van der Waals surface area (Å²) in [7, 11) is 0. The van der Waals surface area contributed by atoms with E-state index < -0.39 is 41.8 Å². The number of rotatable bonds is 18. The number of aromatic nitrogens is 12. The quantitative estimate of drug-likeness (QED) is 0.0311. The number of non-ortho nitro benzene ring substituents is 3. The molecule has 0 bridgehead atoms. The summed E-state index contributed by atoms with van der Waals surface area (Å²) in [6.45, 7) is 0.355. The highest BCUT2D eigenvalue weighted by Gasteiger charge is 2.24. The third-order valence-electron chi connectivity index (χ3n) is 20.8. The zero-order valence-corrected chi connectivity index (χ0v) is 69.9. The van der Waals surface area contributed by atoms with Gasteiger partial charge in [-0.25, -0.2) is 19.9 Å². The first-order valence-electron chi connectivity index (χ1n) is 40.8. The van der Waals surface area contributed by atoms with E-state index in [1.165, 1.54) is 24.3 Å². The van der Waals surface area contributed by atoms with Gasteiger partial charge in [0.15, 0.2) is 11.6 Å². The molecule has 21 aromatic rings. The molecule has 0 aliphatic rings. The van der Waals surface area contributed by atoms with E-state index in [1.54, 1.807) is 36.7 Å². The van der Waals surface area contributed by atoms with Crippen molar-refractivity contribution in [2.24, 2.45) is 0 Å². The van der Waals surface area contributed by atoms with Gasteiger partial charge in [-0.05, 0) is 133 Å². The zero-order chi connectivity index (χ0) is 92.3. The Morgan fingerprint density at radius 3 is 1.20 bits per heavy atom. The van der Waals surface area contributed by atoms with Gasteiger partial charge in [-0.2, -0.15) is 4.39 Å². The van der Waals surface area contributed by atoms with Crippen molar-refractivity contribution in [3.05, 3.63) is 452 Å². The van der Waals surface area contributed by atoms with E-state index in [2.05, 4.69) is 162 Å². The van der Waals surface area contributed by atoms with E-state index in [9.17, 15) is 55.0 Å². The summed E-state index contributed by atoms with van der Waals surface area (Å²) >= 11 is 0. The molecular weight excluding hydrogens is 1690 g/mol. The molecule has 0 saturated carbocycles. The Hall–Kier alpha value is -19.4. The van der Waals surface area contributed by atoms with Gasteiger partial charge < -0.3 is 21.3 Å². The number of terminal acetylenes is 1. The predicted molar refractivity (Wildman–Crippen MR) is 514 cm³/mol. The fraction of sp³-hybridized carbons (Fsp3) is 0.00990. The van der Waals surface area contributed by atoms with Crippen LogP contribution in [0, 0.1) is 68.7 Å². The average Bonchev–Trinajstić information content (AvgIpc) is 1.66. The minimum atomic E-state index is -1.09. The minimum absolute atomic E-state index is 0.0563. The molecule has 31 nitrogen and oxygen atoms in total. The van der Waals surface area contributed by atoms with Crippen molar-refractivity contribution in [1.82, 2.24) is 58.6 Å². The number of para-hydroxylation sites is 5. The maximum Gasteiger partial charge on any atom is 0.311 e. The van der Waals surface area contributed by atoms with Gasteiger partial charge in [0.2, 0.25) is 5.82 Å². The van der Waals surface area contributed by atoms with Crippen LogP contribution in [-0.2, 0) is 0 Å². The van der Waals surface area contributed by atoms with Crippen LogP contribution in [0.1, 0.15) is 0 Å². The van der Waals surface area contributed by atoms with Gasteiger partial charge >= 0.3 is 5.69 Å². The number of hydrogen-bond acceptors (Lipinski definition) is 22. The summed E-state index contributed by atoms with van der Waals surface area (Å²) < 4.78 is 20.7. The van der Waals surface area contributed by atoms with Gasteiger partial charge in [-0.15, -0.1) is 26.8 Å². The van der Waals surface area contributed by atoms with Crippen molar-refractivity contribution in [3.63, 3.8) is 0 Å². The Morgan fingerprint density at radius 1 is 0.346 bits per heavy atom. The highest BCUT2D eigenvalue weighted by molar-refractivity contribution is 6.03. The van der Waals surface area contributed by atoms with E-state index in [1.807, 2.05) is 229 Å². The second kappa shape index (κ2) is 40.2. The van der Waals surface area contributed by atoms with Crippen LogP contribution in [0.5, 0.6) is 0 Å². The highest BCUT2D eigenvalue weighted by atomic mass is 19.1. The van der Waals surface area contributed by atoms with Crippen LogP contribution in [0.2, 0.25) is 0 Å². The molecule has 0 aliphatic heterocycles. The van der Waals surface area contributed by atoms with Crippen molar-refractivity contribution < 1.29 is 29.0 Å². The third-order valence-corrected chi connectivity index (χ3v) is 20.8. The van der Waals surface area contributed by atoms with Crippen LogP contribution in [0.3, 0.4) is 0 Å². The number of nitro groups is 5. The second-order valence-corrected chi connectivity index (χ2v) is 29.2. The average molecular weight is 1760 g/mol. The number of imidazole rings is 4. The normalized spacial score (nSPS) is 10.6. The van der Waals surface area contributed by atoms with E-state index >= 15 is 0 Å². The maximum atomic E-state index is 12.6. The molecule has 15 aromatic carbocycles. The monoisotopic (exact) mass is 1760 g/mol. The van der Waals surface area contributed by atoms with Crippen LogP contribution in [-0.4, -0.2) is 89.8 Å². The molecule has 0 unspecified atom stereocenters. The van der Waals surface area contributed by atoms with Crippen molar-refractivity contribution in [1.29, 1.82) is 0 Å². The van der Waals surface area contributed by atoms with Gasteiger partial charge in [0.25, 0.3) is 22.7 Å². The largest absolute Gasteiger partial charge is 0.399 e. The number of anilines is 7. The Kier molecular flexibility index (Phi) is 26.3. The van der Waals surface area contributed by atoms with Gasteiger partial charge in [0.05, 0.1) is 87.4 Å². The lowest BCUT2D eigenvalue weighted by Crippen LogP contribution is -2.19. The fourth-order valence-corrected chi connectivity index (χ4v) is 14.5. The molecule has 0 atom stereocenters. The molecule has 6 heterocycles. The number of nitrogen functional groups attached to an aromatic ring is 1. The Bertz CT molecular complexity index is 7860. The van der Waals surface area contributed by atoms with Crippen LogP contribution in [0.15, 0.2) is 395 Å². The van der Waals surface area contributed by atoms with E-state index in [4.69, 9.17) is 12.2 Å². The first-order valence-corrected chi connectivity index (χ1v) is 40.8. The summed E-state index contributed by atoms with van der Waals surface area (Å²) in [5, 5.41) is 81.3. The molecule has 0 radical (unpaired) electrons. The molecule has 6 aromatic heterocycles. The molecule has 0 spiro atoms. The Morgan fingerprint density at radius 2 is 0.722 bits per heavy atom. The lowest BCUT2D eigenvalue weighted by Gasteiger charge is -2.23. The standard InChI is InChI=1S/C30H21N5.C27H19N5.C13H9N3O2.C13H11N3.C12H9N3O4.C6H3FN2O4/c1-2-19-34(24-17-18-28-27(20-24)31-21-35(28)23-13-7-4-8-14-23)30-26-16-10-9-15-25(26)29(32-33-30)22-11-5-3-6-12-22;1-3-9-19(10-4-1)26-22-13-7-8-14-23(22)27(31-30-26)29-20-15-16-25-24(17-20)28-18-32(25)21-11-5-2-6-12-21;17-16(18)11-6-7-13-12(8-11)14-9-15(13)10-4-2-1-3-5-10;14-10-6-7-13-12(8-10)15-9-16(13)11-4-2-1-3-5-11;16-14(17)10-6-7-11(12(8-10)15(18)19)13-9-4-2-1-3-5-9;7-5-2-1-4(8(10)11)3-6(5)9(12)13/h1,3-18,20-21H,19H2;1-18H,(H,29,31);1-9H;1-9H,14H2;1-8,13H;1-3H. The summed E-state index contributed by atoms with van der Waals surface area (Å²) in [5.74, 6) is 3.15.